The van der Waals surface area contributed by atoms with Crippen molar-refractivity contribution in [1.29, 1.82) is 0 Å². The molecule has 2 atom stereocenters. The smallest absolute Gasteiger partial charge is 0.0162 e. The Kier molecular flexibility index (Phi) is 6.18. The van der Waals surface area contributed by atoms with Gasteiger partial charge in [0.25, 0.3) is 0 Å². The number of benzene rings is 1. The summed E-state index contributed by atoms with van der Waals surface area (Å²) in [5.74, 6) is 1.34. The summed E-state index contributed by atoms with van der Waals surface area (Å²) < 4.78 is 0. The van der Waals surface area contributed by atoms with Crippen LogP contribution in [0.15, 0.2) is 35.9 Å². The number of hydrogen-bond acceptors (Lipinski definition) is 0. The normalized spacial score (nSPS) is 15.5. The van der Waals surface area contributed by atoms with Gasteiger partial charge in [0.2, 0.25) is 0 Å². The summed E-state index contributed by atoms with van der Waals surface area (Å²) in [6.07, 6.45) is 5.90. The first kappa shape index (κ1) is 15.0. The third-order valence-electron chi connectivity index (χ3n) is 4.16. The lowest BCUT2D eigenvalue weighted by molar-refractivity contribution is 0.492. The molecule has 0 fully saturated rings. The van der Waals surface area contributed by atoms with Crippen LogP contribution in [-0.2, 0) is 6.42 Å². The van der Waals surface area contributed by atoms with Crippen LogP contribution in [0.1, 0.15) is 64.5 Å². The van der Waals surface area contributed by atoms with Crippen molar-refractivity contribution in [2.45, 2.75) is 59.8 Å². The number of hydrogen-bond donors (Lipinski definition) is 0. The van der Waals surface area contributed by atoms with Gasteiger partial charge in [-0.25, -0.2) is 0 Å². The van der Waals surface area contributed by atoms with Crippen LogP contribution in [-0.4, -0.2) is 0 Å². The minimum Gasteiger partial charge on any atom is -0.0853 e. The molecular formula is C18H28. The molecule has 18 heavy (non-hydrogen) atoms. The van der Waals surface area contributed by atoms with Gasteiger partial charge in [0, 0.05) is 0 Å². The zero-order valence-corrected chi connectivity index (χ0v) is 12.7. The Balaban J connectivity index is 2.64. The van der Waals surface area contributed by atoms with E-state index in [1.165, 1.54) is 29.5 Å². The molecule has 0 heterocycles. The van der Waals surface area contributed by atoms with E-state index in [9.17, 15) is 0 Å². The van der Waals surface area contributed by atoms with Gasteiger partial charge in [-0.15, -0.1) is 0 Å². The summed E-state index contributed by atoms with van der Waals surface area (Å²) in [6.45, 7) is 11.4. The molecule has 0 nitrogen and oxygen atoms in total. The Labute approximate surface area is 113 Å². The molecule has 100 valence electrons. The van der Waals surface area contributed by atoms with Gasteiger partial charge in [0.1, 0.15) is 0 Å². The second-order valence-corrected chi connectivity index (χ2v) is 5.50. The van der Waals surface area contributed by atoms with Gasteiger partial charge >= 0.3 is 0 Å². The average molecular weight is 244 g/mol. The molecule has 0 N–H and O–H groups in total. The first-order valence-electron chi connectivity index (χ1n) is 7.32. The van der Waals surface area contributed by atoms with Crippen LogP contribution < -0.4 is 0 Å². The average Bonchev–Trinajstić information content (AvgIpc) is 2.43. The maximum Gasteiger partial charge on any atom is -0.0162 e. The highest BCUT2D eigenvalue weighted by molar-refractivity contribution is 5.25. The molecule has 0 amide bonds. The zero-order chi connectivity index (χ0) is 13.5. The number of aryl methyl sites for hydroxylation is 1. The van der Waals surface area contributed by atoms with E-state index < -0.39 is 0 Å². The highest BCUT2D eigenvalue weighted by atomic mass is 14.2. The third kappa shape index (κ3) is 4.33. The van der Waals surface area contributed by atoms with Crippen molar-refractivity contribution in [3.8, 4) is 0 Å². The monoisotopic (exact) mass is 244 g/mol. The molecule has 1 rings (SSSR count). The van der Waals surface area contributed by atoms with Crippen LogP contribution >= 0.6 is 0 Å². The van der Waals surface area contributed by atoms with Gasteiger partial charge in [0.15, 0.2) is 0 Å². The van der Waals surface area contributed by atoms with Crippen LogP contribution in [0.3, 0.4) is 0 Å². The standard InChI is InChI=1S/C18H28/c1-6-14(3)8-9-15(4)16(5)18-12-10-17(7-2)11-13-18/h8,10-13,15-16H,6-7,9H2,1-5H3. The topological polar surface area (TPSA) is 0 Å². The first-order chi connectivity index (χ1) is 8.58. The van der Waals surface area contributed by atoms with Crippen molar-refractivity contribution in [1.82, 2.24) is 0 Å². The quantitative estimate of drug-likeness (QED) is 0.560. The molecule has 0 aliphatic carbocycles. The predicted molar refractivity (Wildman–Crippen MR) is 82.1 cm³/mol. The van der Waals surface area contributed by atoms with E-state index in [2.05, 4.69) is 65.0 Å². The minimum atomic E-state index is 0.636. The van der Waals surface area contributed by atoms with Gasteiger partial charge in [-0.1, -0.05) is 63.6 Å². The molecule has 0 saturated carbocycles. The van der Waals surface area contributed by atoms with Gasteiger partial charge in [-0.05, 0) is 49.1 Å². The van der Waals surface area contributed by atoms with Crippen molar-refractivity contribution in [2.24, 2.45) is 5.92 Å². The zero-order valence-electron chi connectivity index (χ0n) is 12.7. The van der Waals surface area contributed by atoms with Crippen LogP contribution in [0.25, 0.3) is 0 Å². The van der Waals surface area contributed by atoms with Crippen LogP contribution in [0.2, 0.25) is 0 Å². The highest BCUT2D eigenvalue weighted by Gasteiger charge is 2.13. The summed E-state index contributed by atoms with van der Waals surface area (Å²) in [6, 6.07) is 9.14. The fraction of sp³-hybridized carbons (Fsp3) is 0.556. The second kappa shape index (κ2) is 7.41. The summed E-state index contributed by atoms with van der Waals surface area (Å²) in [5.41, 5.74) is 4.41. The van der Waals surface area contributed by atoms with Crippen molar-refractivity contribution < 1.29 is 0 Å². The van der Waals surface area contributed by atoms with Gasteiger partial charge in [-0.3, -0.25) is 0 Å². The summed E-state index contributed by atoms with van der Waals surface area (Å²) in [7, 11) is 0. The molecule has 0 bridgehead atoms. The van der Waals surface area contributed by atoms with Crippen LogP contribution in [0, 0.1) is 5.92 Å². The Bertz CT molecular complexity index is 370. The molecule has 1 aromatic rings. The second-order valence-electron chi connectivity index (χ2n) is 5.50. The first-order valence-corrected chi connectivity index (χ1v) is 7.32. The van der Waals surface area contributed by atoms with Crippen LogP contribution in [0.5, 0.6) is 0 Å². The molecular weight excluding hydrogens is 216 g/mol. The Morgan fingerprint density at radius 3 is 2.22 bits per heavy atom. The SMILES string of the molecule is CCC(C)=CCC(C)C(C)c1ccc(CC)cc1. The maximum atomic E-state index is 2.40. The minimum absolute atomic E-state index is 0.636. The Hall–Kier alpha value is -1.04. The van der Waals surface area contributed by atoms with Crippen molar-refractivity contribution in [2.75, 3.05) is 0 Å². The fourth-order valence-electron chi connectivity index (χ4n) is 2.12. The molecule has 0 aromatic heterocycles. The molecule has 0 heteroatoms. The van der Waals surface area contributed by atoms with Gasteiger partial charge < -0.3 is 0 Å². The lowest BCUT2D eigenvalue weighted by atomic mass is 9.86. The maximum absolute atomic E-state index is 2.40. The molecule has 0 spiro atoms. The fourth-order valence-corrected chi connectivity index (χ4v) is 2.12. The summed E-state index contributed by atoms with van der Waals surface area (Å²) in [4.78, 5) is 0. The van der Waals surface area contributed by atoms with Gasteiger partial charge in [-0.2, -0.15) is 0 Å². The lowest BCUT2D eigenvalue weighted by Crippen LogP contribution is -2.05. The Morgan fingerprint density at radius 1 is 1.11 bits per heavy atom. The van der Waals surface area contributed by atoms with Crippen molar-refractivity contribution in [3.05, 3.63) is 47.0 Å². The van der Waals surface area contributed by atoms with E-state index in [-0.39, 0.29) is 0 Å². The molecule has 2 unspecified atom stereocenters. The summed E-state index contributed by atoms with van der Waals surface area (Å²) in [5, 5.41) is 0. The van der Waals surface area contributed by atoms with E-state index in [1.54, 1.807) is 0 Å². The molecule has 0 saturated heterocycles. The predicted octanol–water partition coefficient (Wildman–Crippen LogP) is 5.74. The van der Waals surface area contributed by atoms with Gasteiger partial charge in [0.05, 0.1) is 0 Å². The summed E-state index contributed by atoms with van der Waals surface area (Å²) >= 11 is 0. The largest absolute Gasteiger partial charge is 0.0853 e. The molecule has 0 radical (unpaired) electrons. The van der Waals surface area contributed by atoms with Crippen molar-refractivity contribution >= 4 is 0 Å². The molecule has 1 aromatic carbocycles. The molecule has 0 aliphatic rings. The van der Waals surface area contributed by atoms with Crippen molar-refractivity contribution in [3.63, 3.8) is 0 Å². The highest BCUT2D eigenvalue weighted by Crippen LogP contribution is 2.27. The lowest BCUT2D eigenvalue weighted by Gasteiger charge is -2.19. The molecule has 0 aliphatic heterocycles. The number of rotatable bonds is 6. The van der Waals surface area contributed by atoms with E-state index in [0.29, 0.717) is 11.8 Å². The third-order valence-corrected chi connectivity index (χ3v) is 4.16. The van der Waals surface area contributed by atoms with E-state index in [1.807, 2.05) is 0 Å². The van der Waals surface area contributed by atoms with Crippen LogP contribution in [0.4, 0.5) is 0 Å². The van der Waals surface area contributed by atoms with E-state index in [0.717, 1.165) is 6.42 Å². The van der Waals surface area contributed by atoms with E-state index >= 15 is 0 Å². The number of allylic oxidation sites excluding steroid dienone is 2. The van der Waals surface area contributed by atoms with E-state index in [4.69, 9.17) is 0 Å². The Morgan fingerprint density at radius 2 is 1.72 bits per heavy atom.